The lowest BCUT2D eigenvalue weighted by Crippen LogP contribution is -2.74. The molecule has 0 aliphatic heterocycles. The number of carbonyl (C=O) groups is 1. The topological polar surface area (TPSA) is 82.8 Å². The molecule has 1 amide bonds. The Morgan fingerprint density at radius 1 is 1.40 bits per heavy atom. The summed E-state index contributed by atoms with van der Waals surface area (Å²) in [5.41, 5.74) is 5.09. The summed E-state index contributed by atoms with van der Waals surface area (Å²) in [5, 5.41) is 2.70. The Labute approximate surface area is 147 Å². The van der Waals surface area contributed by atoms with Gasteiger partial charge in [-0.05, 0) is 19.1 Å². The molecule has 1 aromatic carbocycles. The van der Waals surface area contributed by atoms with Gasteiger partial charge in [-0.1, -0.05) is 13.8 Å². The Morgan fingerprint density at radius 3 is 2.68 bits per heavy atom. The van der Waals surface area contributed by atoms with E-state index in [4.69, 9.17) is 19.9 Å². The van der Waals surface area contributed by atoms with E-state index in [1.165, 1.54) is 12.1 Å². The number of halogens is 1. The van der Waals surface area contributed by atoms with Crippen LogP contribution in [0.4, 0.5) is 10.1 Å². The highest BCUT2D eigenvalue weighted by molar-refractivity contribution is 5.99. The van der Waals surface area contributed by atoms with Crippen molar-refractivity contribution in [3.05, 3.63) is 24.0 Å². The summed E-state index contributed by atoms with van der Waals surface area (Å²) >= 11 is 0. The SMILES string of the molecule is CCOC1CC(N)(C(=O)Nc2ccc(OCCOC)c(F)c2)C1(C)C. The molecule has 0 radical (unpaired) electrons. The Balaban J connectivity index is 2.02. The predicted molar refractivity (Wildman–Crippen MR) is 93.1 cm³/mol. The number of hydrogen-bond acceptors (Lipinski definition) is 5. The van der Waals surface area contributed by atoms with Gasteiger partial charge in [0.1, 0.15) is 12.1 Å². The molecule has 6 nitrogen and oxygen atoms in total. The highest BCUT2D eigenvalue weighted by atomic mass is 19.1. The number of rotatable bonds is 8. The highest BCUT2D eigenvalue weighted by Gasteiger charge is 2.62. The zero-order valence-corrected chi connectivity index (χ0v) is 15.2. The van der Waals surface area contributed by atoms with Crippen LogP contribution < -0.4 is 15.8 Å². The van der Waals surface area contributed by atoms with Crippen molar-refractivity contribution in [1.82, 2.24) is 0 Å². The predicted octanol–water partition coefficient (Wildman–Crippen LogP) is 2.32. The lowest BCUT2D eigenvalue weighted by molar-refractivity contribution is -0.166. The first-order valence-corrected chi connectivity index (χ1v) is 8.39. The Hall–Kier alpha value is -1.70. The molecule has 7 heteroatoms. The third-order valence-corrected chi connectivity index (χ3v) is 4.97. The van der Waals surface area contributed by atoms with E-state index in [2.05, 4.69) is 5.32 Å². The zero-order valence-electron chi connectivity index (χ0n) is 15.2. The van der Waals surface area contributed by atoms with Crippen LogP contribution in [0, 0.1) is 11.2 Å². The van der Waals surface area contributed by atoms with Gasteiger partial charge in [0.05, 0.1) is 12.7 Å². The van der Waals surface area contributed by atoms with Crippen molar-refractivity contribution >= 4 is 11.6 Å². The number of nitrogens with one attached hydrogen (secondary N) is 1. The maximum absolute atomic E-state index is 14.1. The smallest absolute Gasteiger partial charge is 0.245 e. The third-order valence-electron chi connectivity index (χ3n) is 4.97. The molecule has 2 rings (SSSR count). The van der Waals surface area contributed by atoms with Crippen molar-refractivity contribution in [2.75, 3.05) is 32.2 Å². The summed E-state index contributed by atoms with van der Waals surface area (Å²) in [7, 11) is 1.54. The molecule has 0 heterocycles. The first kappa shape index (κ1) is 19.6. The molecular formula is C18H27FN2O4. The Bertz CT molecular complexity index is 623. The van der Waals surface area contributed by atoms with Crippen LogP contribution in [0.1, 0.15) is 27.2 Å². The number of amides is 1. The minimum Gasteiger partial charge on any atom is -0.488 e. The minimum absolute atomic E-state index is 0.0680. The lowest BCUT2D eigenvalue weighted by atomic mass is 9.54. The summed E-state index contributed by atoms with van der Waals surface area (Å²) in [5.74, 6) is -0.793. The van der Waals surface area contributed by atoms with E-state index in [1.54, 1.807) is 13.2 Å². The number of methoxy groups -OCH3 is 1. The normalized spacial score (nSPS) is 24.5. The Morgan fingerprint density at radius 2 is 2.12 bits per heavy atom. The molecule has 0 saturated heterocycles. The van der Waals surface area contributed by atoms with Gasteiger partial charge in [0.15, 0.2) is 11.6 Å². The number of benzene rings is 1. The molecule has 140 valence electrons. The second kappa shape index (κ2) is 7.68. The monoisotopic (exact) mass is 354 g/mol. The van der Waals surface area contributed by atoms with Gasteiger partial charge in [-0.3, -0.25) is 4.79 Å². The van der Waals surface area contributed by atoms with E-state index in [9.17, 15) is 9.18 Å². The van der Waals surface area contributed by atoms with Crippen molar-refractivity contribution in [3.8, 4) is 5.75 Å². The van der Waals surface area contributed by atoms with Gasteiger partial charge >= 0.3 is 0 Å². The molecule has 1 saturated carbocycles. The van der Waals surface area contributed by atoms with Crippen molar-refractivity contribution in [2.45, 2.75) is 38.8 Å². The van der Waals surface area contributed by atoms with E-state index >= 15 is 0 Å². The average Bonchev–Trinajstić information content (AvgIpc) is 2.56. The number of ether oxygens (including phenoxy) is 3. The summed E-state index contributed by atoms with van der Waals surface area (Å²) in [6.07, 6.45) is 0.363. The van der Waals surface area contributed by atoms with Gasteiger partial charge in [-0.2, -0.15) is 0 Å². The van der Waals surface area contributed by atoms with Crippen molar-refractivity contribution in [3.63, 3.8) is 0 Å². The summed E-state index contributed by atoms with van der Waals surface area (Å²) in [4.78, 5) is 12.6. The maximum Gasteiger partial charge on any atom is 0.245 e. The zero-order chi connectivity index (χ0) is 18.7. The van der Waals surface area contributed by atoms with Crippen LogP contribution in [-0.2, 0) is 14.3 Å². The van der Waals surface area contributed by atoms with E-state index in [-0.39, 0.29) is 24.4 Å². The van der Waals surface area contributed by atoms with E-state index < -0.39 is 16.8 Å². The van der Waals surface area contributed by atoms with Gasteiger partial charge < -0.3 is 25.3 Å². The second-order valence-electron chi connectivity index (χ2n) is 6.78. The fraction of sp³-hybridized carbons (Fsp3) is 0.611. The van der Waals surface area contributed by atoms with Crippen LogP contribution in [0.2, 0.25) is 0 Å². The van der Waals surface area contributed by atoms with E-state index in [0.717, 1.165) is 0 Å². The lowest BCUT2D eigenvalue weighted by Gasteiger charge is -2.57. The summed E-state index contributed by atoms with van der Waals surface area (Å²) in [6.45, 7) is 6.91. The molecule has 1 aliphatic carbocycles. The van der Waals surface area contributed by atoms with Gasteiger partial charge in [-0.15, -0.1) is 0 Å². The van der Waals surface area contributed by atoms with Gasteiger partial charge in [0.25, 0.3) is 0 Å². The molecule has 1 aromatic rings. The van der Waals surface area contributed by atoms with Crippen LogP contribution in [0.25, 0.3) is 0 Å². The molecule has 3 N–H and O–H groups in total. The van der Waals surface area contributed by atoms with Crippen molar-refractivity contribution < 1.29 is 23.4 Å². The quantitative estimate of drug-likeness (QED) is 0.700. The summed E-state index contributed by atoms with van der Waals surface area (Å²) in [6, 6.07) is 4.27. The molecule has 0 aromatic heterocycles. The number of anilines is 1. The van der Waals surface area contributed by atoms with Crippen molar-refractivity contribution in [1.29, 1.82) is 0 Å². The first-order valence-electron chi connectivity index (χ1n) is 8.39. The molecule has 25 heavy (non-hydrogen) atoms. The summed E-state index contributed by atoms with van der Waals surface area (Å²) < 4.78 is 29.8. The fourth-order valence-corrected chi connectivity index (χ4v) is 2.99. The van der Waals surface area contributed by atoms with Crippen molar-refractivity contribution in [2.24, 2.45) is 11.1 Å². The van der Waals surface area contributed by atoms with Crippen LogP contribution >= 0.6 is 0 Å². The highest BCUT2D eigenvalue weighted by Crippen LogP contribution is 2.50. The van der Waals surface area contributed by atoms with Gasteiger partial charge in [0.2, 0.25) is 5.91 Å². The molecule has 2 atom stereocenters. The molecule has 2 unspecified atom stereocenters. The standard InChI is InChI=1S/C18H27FN2O4/c1-5-24-15-11-18(20,17(15,2)3)16(22)21-12-6-7-14(13(19)10-12)25-9-8-23-4/h6-7,10,15H,5,8-9,11,20H2,1-4H3,(H,21,22). The maximum atomic E-state index is 14.1. The number of carbonyl (C=O) groups excluding carboxylic acids is 1. The molecule has 0 spiro atoms. The molecule has 1 aliphatic rings. The fourth-order valence-electron chi connectivity index (χ4n) is 2.99. The molecule has 0 bridgehead atoms. The number of hydrogen-bond donors (Lipinski definition) is 2. The van der Waals surface area contributed by atoms with E-state index in [0.29, 0.717) is 25.3 Å². The second-order valence-corrected chi connectivity index (χ2v) is 6.78. The minimum atomic E-state index is -1.06. The van der Waals surface area contributed by atoms with Gasteiger partial charge in [-0.25, -0.2) is 4.39 Å². The third kappa shape index (κ3) is 3.78. The average molecular weight is 354 g/mol. The molecule has 1 fully saturated rings. The molecular weight excluding hydrogens is 327 g/mol. The largest absolute Gasteiger partial charge is 0.488 e. The first-order chi connectivity index (χ1) is 11.8. The number of nitrogens with two attached hydrogens (primary N) is 1. The van der Waals surface area contributed by atoms with Gasteiger partial charge in [0, 0.05) is 37.3 Å². The van der Waals surface area contributed by atoms with Crippen LogP contribution in [-0.4, -0.2) is 44.5 Å². The van der Waals surface area contributed by atoms with E-state index in [1.807, 2.05) is 20.8 Å². The Kier molecular flexibility index (Phi) is 6.03. The van der Waals surface area contributed by atoms with Crippen LogP contribution in [0.3, 0.4) is 0 Å². The van der Waals surface area contributed by atoms with Crippen LogP contribution in [0.5, 0.6) is 5.75 Å². The van der Waals surface area contributed by atoms with Crippen LogP contribution in [0.15, 0.2) is 18.2 Å².